The Morgan fingerprint density at radius 3 is 2.42 bits per heavy atom. The van der Waals surface area contributed by atoms with Gasteiger partial charge in [-0.1, -0.05) is 99.9 Å². The van der Waals surface area contributed by atoms with Gasteiger partial charge in [0.1, 0.15) is 11.6 Å². The van der Waals surface area contributed by atoms with Crippen molar-refractivity contribution in [1.82, 2.24) is 30.0 Å². The number of hydrogen-bond donors (Lipinski definition) is 3. The van der Waals surface area contributed by atoms with Crippen LogP contribution in [0.3, 0.4) is 0 Å². The fraction of sp³-hybridized carbons (Fsp3) is 0.397. The molecule has 1 unspecified atom stereocenters. The van der Waals surface area contributed by atoms with Gasteiger partial charge in [0.15, 0.2) is 10.8 Å². The van der Waals surface area contributed by atoms with Crippen molar-refractivity contribution in [3.8, 4) is 16.9 Å². The van der Waals surface area contributed by atoms with Crippen LogP contribution >= 0.6 is 11.3 Å². The van der Waals surface area contributed by atoms with E-state index in [1.54, 1.807) is 0 Å². The number of aromatic carboxylic acids is 1. The van der Waals surface area contributed by atoms with Crippen LogP contribution in [-0.4, -0.2) is 99.3 Å². The zero-order chi connectivity index (χ0) is 51.7. The molecule has 15 nitrogen and oxygen atoms in total. The highest BCUT2D eigenvalue weighted by Crippen LogP contribution is 2.42. The van der Waals surface area contributed by atoms with Crippen molar-refractivity contribution in [1.29, 1.82) is 0 Å². The summed E-state index contributed by atoms with van der Waals surface area (Å²) in [5.74, 6) is -0.936. The maximum atomic E-state index is 13.8. The summed E-state index contributed by atoms with van der Waals surface area (Å²) in [5.41, 5.74) is 8.97. The molecule has 10 rings (SSSR count). The Bertz CT molecular complexity index is 3240. The number of nitrogens with zero attached hydrogens (tertiary/aromatic N) is 7. The first-order chi connectivity index (χ1) is 35.7. The standard InChI is InChI=1S/C58H65N9O6S/c1-36-38(50-43(58(2,3)4)34-48(60-52(50)56(71)72)67-28-26-37-16-13-18-39(42(37)35-67)54(69)62-57-59-44-20-9-10-23-47(44)74-57)17-15-22-46(36)73-33-12-8-6-7-11-27-65-29-31-66(32-30-65)45-21-14-19-40-51(63-64(5)53(40)45)41-24-25-49(68)61-55(41)70/h9-10,13-23,34,41H,6-8,11-12,24-33,35H2,1-5H3,(H,71,72)(H,59,62,69)(H,61,68,70). The number of carboxylic acids is 1. The number of ether oxygens (including phenoxy) is 1. The molecule has 3 aliphatic rings. The first-order valence-corrected chi connectivity index (χ1v) is 26.8. The Morgan fingerprint density at radius 2 is 1.64 bits per heavy atom. The third kappa shape index (κ3) is 10.5. The van der Waals surface area contributed by atoms with Crippen LogP contribution in [0.2, 0.25) is 0 Å². The molecule has 4 aromatic carbocycles. The Kier molecular flexibility index (Phi) is 14.5. The number of benzene rings is 4. The van der Waals surface area contributed by atoms with Gasteiger partial charge in [0, 0.05) is 69.3 Å². The van der Waals surface area contributed by atoms with E-state index in [1.165, 1.54) is 11.3 Å². The van der Waals surface area contributed by atoms with Gasteiger partial charge in [-0.15, -0.1) is 0 Å². The number of nitrogens with one attached hydrogen (secondary N) is 2. The number of imide groups is 1. The van der Waals surface area contributed by atoms with Gasteiger partial charge >= 0.3 is 5.97 Å². The molecule has 3 amide bonds. The lowest BCUT2D eigenvalue weighted by atomic mass is 9.80. The number of aryl methyl sites for hydroxylation is 1. The lowest BCUT2D eigenvalue weighted by molar-refractivity contribution is -0.134. The van der Waals surface area contributed by atoms with E-state index < -0.39 is 17.3 Å². The summed E-state index contributed by atoms with van der Waals surface area (Å²) in [6.07, 6.45) is 6.86. The molecule has 3 aromatic heterocycles. The smallest absolute Gasteiger partial charge is 0.355 e. The molecule has 1 atom stereocenters. The second-order valence-corrected chi connectivity index (χ2v) is 22.0. The largest absolute Gasteiger partial charge is 0.493 e. The molecule has 0 aliphatic carbocycles. The lowest BCUT2D eigenvalue weighted by Gasteiger charge is -2.36. The highest BCUT2D eigenvalue weighted by molar-refractivity contribution is 7.22. The van der Waals surface area contributed by atoms with E-state index in [9.17, 15) is 24.3 Å². The molecule has 3 aliphatic heterocycles. The van der Waals surface area contributed by atoms with Crippen LogP contribution < -0.4 is 25.2 Å². The molecule has 16 heteroatoms. The third-order valence-electron chi connectivity index (χ3n) is 15.0. The third-order valence-corrected chi connectivity index (χ3v) is 15.9. The van der Waals surface area contributed by atoms with Crippen LogP contribution in [0.4, 0.5) is 16.6 Å². The van der Waals surface area contributed by atoms with Crippen LogP contribution in [0.15, 0.2) is 84.9 Å². The zero-order valence-corrected chi connectivity index (χ0v) is 43.8. The molecule has 0 saturated carbocycles. The van der Waals surface area contributed by atoms with E-state index in [1.807, 2.05) is 91.4 Å². The van der Waals surface area contributed by atoms with E-state index in [0.29, 0.717) is 61.0 Å². The number of pyridine rings is 1. The van der Waals surface area contributed by atoms with Gasteiger partial charge in [0.2, 0.25) is 11.8 Å². The fourth-order valence-electron chi connectivity index (χ4n) is 11.0. The SMILES string of the molecule is Cc1c(OCCCCCCCN2CCN(c3cccc4c(C5CCC(=O)NC5=O)nn(C)c34)CC2)cccc1-c1c(C(C)(C)C)cc(N2CCc3cccc(C(=O)Nc4nc5ccccc5s4)c3C2)nc1C(=O)O. The van der Waals surface area contributed by atoms with Gasteiger partial charge in [-0.2, -0.15) is 5.10 Å². The molecule has 74 heavy (non-hydrogen) atoms. The summed E-state index contributed by atoms with van der Waals surface area (Å²) in [6, 6.07) is 27.7. The van der Waals surface area contributed by atoms with Crippen molar-refractivity contribution in [2.45, 2.75) is 96.9 Å². The number of piperidine rings is 1. The lowest BCUT2D eigenvalue weighted by Crippen LogP contribution is -2.46. The van der Waals surface area contributed by atoms with Crippen molar-refractivity contribution >= 4 is 72.8 Å². The number of hydrogen-bond acceptors (Lipinski definition) is 12. The number of carbonyl (C=O) groups is 4. The number of carbonyl (C=O) groups excluding carboxylic acids is 3. The maximum Gasteiger partial charge on any atom is 0.355 e. The first kappa shape index (κ1) is 50.4. The van der Waals surface area contributed by atoms with Crippen molar-refractivity contribution < 1.29 is 29.0 Å². The average Bonchev–Trinajstić information content (AvgIpc) is 3.96. The Hall–Kier alpha value is -7.17. The maximum absolute atomic E-state index is 13.8. The highest BCUT2D eigenvalue weighted by atomic mass is 32.1. The van der Waals surface area contributed by atoms with Crippen LogP contribution in [0.25, 0.3) is 32.2 Å². The normalized spacial score (nSPS) is 16.4. The number of aromatic nitrogens is 4. The summed E-state index contributed by atoms with van der Waals surface area (Å²) in [5, 5.41) is 22.7. The topological polar surface area (TPSA) is 175 Å². The van der Waals surface area contributed by atoms with E-state index in [4.69, 9.17) is 14.8 Å². The fourth-order valence-corrected chi connectivity index (χ4v) is 11.9. The Labute approximate surface area is 435 Å². The van der Waals surface area contributed by atoms with Crippen molar-refractivity contribution in [3.63, 3.8) is 0 Å². The number of para-hydroxylation sites is 2. The molecular weight excluding hydrogens is 951 g/mol. The van der Waals surface area contributed by atoms with Gasteiger partial charge in [-0.25, -0.2) is 14.8 Å². The van der Waals surface area contributed by atoms with Gasteiger partial charge < -0.3 is 19.6 Å². The van der Waals surface area contributed by atoms with Crippen LogP contribution in [0.1, 0.15) is 120 Å². The van der Waals surface area contributed by atoms with Crippen LogP contribution in [0, 0.1) is 6.92 Å². The van der Waals surface area contributed by atoms with Gasteiger partial charge in [-0.3, -0.25) is 34.6 Å². The van der Waals surface area contributed by atoms with Gasteiger partial charge in [0.25, 0.3) is 5.91 Å². The summed E-state index contributed by atoms with van der Waals surface area (Å²) in [7, 11) is 1.94. The second-order valence-electron chi connectivity index (χ2n) is 20.9. The quantitative estimate of drug-likeness (QED) is 0.0618. The molecule has 3 N–H and O–H groups in total. The highest BCUT2D eigenvalue weighted by Gasteiger charge is 2.34. The summed E-state index contributed by atoms with van der Waals surface area (Å²) >= 11 is 1.44. The Balaban J connectivity index is 0.732. The minimum atomic E-state index is -1.10. The van der Waals surface area contributed by atoms with Gasteiger partial charge in [-0.05, 0) is 109 Å². The Morgan fingerprint density at radius 1 is 0.865 bits per heavy atom. The van der Waals surface area contributed by atoms with Crippen molar-refractivity contribution in [2.75, 3.05) is 61.0 Å². The summed E-state index contributed by atoms with van der Waals surface area (Å²) in [4.78, 5) is 68.2. The first-order valence-electron chi connectivity index (χ1n) is 26.0. The molecule has 6 heterocycles. The average molecular weight is 1020 g/mol. The zero-order valence-electron chi connectivity index (χ0n) is 43.0. The number of rotatable bonds is 16. The monoisotopic (exact) mass is 1020 g/mol. The summed E-state index contributed by atoms with van der Waals surface area (Å²) in [6.45, 7) is 14.7. The van der Waals surface area contributed by atoms with E-state index in [0.717, 1.165) is 131 Å². The molecule has 0 spiro atoms. The van der Waals surface area contributed by atoms with Crippen LogP contribution in [0.5, 0.6) is 5.75 Å². The molecule has 2 saturated heterocycles. The predicted molar refractivity (Wildman–Crippen MR) is 292 cm³/mol. The minimum Gasteiger partial charge on any atom is -0.493 e. The molecule has 2 fully saturated rings. The molecule has 0 bridgehead atoms. The van der Waals surface area contributed by atoms with Crippen molar-refractivity contribution in [2.24, 2.45) is 7.05 Å². The number of thiazole rings is 1. The number of piperazine rings is 1. The minimum absolute atomic E-state index is 0.00774. The number of unbranched alkanes of at least 4 members (excludes halogenated alkanes) is 4. The van der Waals surface area contributed by atoms with Crippen LogP contribution in [-0.2, 0) is 35.0 Å². The van der Waals surface area contributed by atoms with E-state index >= 15 is 0 Å². The van der Waals surface area contributed by atoms with Gasteiger partial charge in [0.05, 0.1) is 39.6 Å². The second kappa shape index (κ2) is 21.4. The molecule has 7 aromatic rings. The molecular formula is C58H65N9O6S. The number of carboxylic acid groups (broad SMARTS) is 1. The van der Waals surface area contributed by atoms with E-state index in [-0.39, 0.29) is 23.4 Å². The van der Waals surface area contributed by atoms with Crippen molar-refractivity contribution in [3.05, 3.63) is 124 Å². The van der Waals surface area contributed by atoms with E-state index in [2.05, 4.69) is 63.2 Å². The number of anilines is 3. The predicted octanol–water partition coefficient (Wildman–Crippen LogP) is 10.0. The number of amides is 3. The molecule has 384 valence electrons. The summed E-state index contributed by atoms with van der Waals surface area (Å²) < 4.78 is 9.31. The number of fused-ring (bicyclic) bond motifs is 3. The molecule has 0 radical (unpaired) electrons.